The summed E-state index contributed by atoms with van der Waals surface area (Å²) in [7, 11) is 0. The Morgan fingerprint density at radius 3 is 2.50 bits per heavy atom. The highest BCUT2D eigenvalue weighted by molar-refractivity contribution is 5.68. The molecule has 20 heavy (non-hydrogen) atoms. The first-order valence-corrected chi connectivity index (χ1v) is 6.13. The molecule has 0 aliphatic heterocycles. The monoisotopic (exact) mass is 270 g/mol. The Morgan fingerprint density at radius 1 is 1.30 bits per heavy atom. The fraction of sp³-hybridized carbons (Fsp3) is 0.200. The molecule has 0 amide bonds. The third-order valence-electron chi connectivity index (χ3n) is 3.18. The Morgan fingerprint density at radius 2 is 1.95 bits per heavy atom. The summed E-state index contributed by atoms with van der Waals surface area (Å²) in [4.78, 5) is 12.0. The summed E-state index contributed by atoms with van der Waals surface area (Å²) in [5.74, 6) is 0.149. The van der Waals surface area contributed by atoms with Crippen LogP contribution in [0, 0.1) is 18.3 Å². The van der Waals surface area contributed by atoms with Crippen LogP contribution in [-0.4, -0.2) is 21.4 Å². The van der Waals surface area contributed by atoms with E-state index >= 15 is 0 Å². The standard InChI is InChI=1S/C15H14N2O3/c1-10-14(11-2-4-13(19)5-3-11)8-12(9-16)15(20)17(10)6-7-18/h2-5,8,18-19H,6-7H2,1H3. The summed E-state index contributed by atoms with van der Waals surface area (Å²) in [6, 6.07) is 9.94. The van der Waals surface area contributed by atoms with E-state index in [-0.39, 0.29) is 24.5 Å². The van der Waals surface area contributed by atoms with E-state index in [4.69, 9.17) is 10.4 Å². The average Bonchev–Trinajstić information content (AvgIpc) is 2.45. The first-order valence-electron chi connectivity index (χ1n) is 6.13. The molecule has 5 nitrogen and oxygen atoms in total. The minimum absolute atomic E-state index is 0.0344. The van der Waals surface area contributed by atoms with Crippen molar-refractivity contribution >= 4 is 0 Å². The van der Waals surface area contributed by atoms with E-state index < -0.39 is 5.56 Å². The molecule has 1 aromatic heterocycles. The number of phenolic OH excluding ortho intramolecular Hbond substituents is 1. The van der Waals surface area contributed by atoms with Crippen LogP contribution in [0.4, 0.5) is 0 Å². The largest absolute Gasteiger partial charge is 0.508 e. The lowest BCUT2D eigenvalue weighted by atomic mass is 10.0. The lowest BCUT2D eigenvalue weighted by molar-refractivity contribution is 0.273. The van der Waals surface area contributed by atoms with Gasteiger partial charge in [-0.2, -0.15) is 5.26 Å². The molecule has 0 saturated carbocycles. The third kappa shape index (κ3) is 2.42. The van der Waals surface area contributed by atoms with Gasteiger partial charge in [0.1, 0.15) is 17.4 Å². The van der Waals surface area contributed by atoms with Crippen LogP contribution in [0.1, 0.15) is 11.3 Å². The minimum Gasteiger partial charge on any atom is -0.508 e. The second-order valence-corrected chi connectivity index (χ2v) is 4.40. The van der Waals surface area contributed by atoms with Gasteiger partial charge in [0, 0.05) is 17.8 Å². The molecule has 0 aliphatic carbocycles. The maximum atomic E-state index is 12.0. The molecule has 1 aromatic carbocycles. The number of hydrogen-bond acceptors (Lipinski definition) is 4. The molecular weight excluding hydrogens is 256 g/mol. The number of aromatic hydroxyl groups is 1. The van der Waals surface area contributed by atoms with E-state index in [2.05, 4.69) is 0 Å². The molecule has 2 rings (SSSR count). The molecule has 0 radical (unpaired) electrons. The van der Waals surface area contributed by atoms with Crippen molar-refractivity contribution in [2.24, 2.45) is 0 Å². The number of nitriles is 1. The van der Waals surface area contributed by atoms with Gasteiger partial charge in [-0.25, -0.2) is 0 Å². The third-order valence-corrected chi connectivity index (χ3v) is 3.18. The van der Waals surface area contributed by atoms with E-state index in [9.17, 15) is 9.90 Å². The quantitative estimate of drug-likeness (QED) is 0.882. The van der Waals surface area contributed by atoms with Gasteiger partial charge in [0.15, 0.2) is 0 Å². The van der Waals surface area contributed by atoms with Crippen LogP contribution in [0.15, 0.2) is 35.1 Å². The van der Waals surface area contributed by atoms with Gasteiger partial charge >= 0.3 is 0 Å². The smallest absolute Gasteiger partial charge is 0.268 e. The van der Waals surface area contributed by atoms with Crippen molar-refractivity contribution in [3.05, 3.63) is 51.9 Å². The lowest BCUT2D eigenvalue weighted by Gasteiger charge is -2.14. The molecule has 5 heteroatoms. The van der Waals surface area contributed by atoms with Crippen molar-refractivity contribution < 1.29 is 10.2 Å². The van der Waals surface area contributed by atoms with Crippen molar-refractivity contribution in [3.63, 3.8) is 0 Å². The van der Waals surface area contributed by atoms with E-state index in [0.29, 0.717) is 5.69 Å². The maximum Gasteiger partial charge on any atom is 0.268 e. The molecular formula is C15H14N2O3. The van der Waals surface area contributed by atoms with Crippen molar-refractivity contribution in [1.82, 2.24) is 4.57 Å². The topological polar surface area (TPSA) is 86.2 Å². The molecule has 0 aliphatic rings. The van der Waals surface area contributed by atoms with Gasteiger partial charge in [0.25, 0.3) is 5.56 Å². The maximum absolute atomic E-state index is 12.0. The molecule has 0 saturated heterocycles. The molecule has 0 atom stereocenters. The summed E-state index contributed by atoms with van der Waals surface area (Å²) < 4.78 is 1.39. The average molecular weight is 270 g/mol. The highest BCUT2D eigenvalue weighted by Gasteiger charge is 2.12. The normalized spacial score (nSPS) is 10.2. The number of nitrogens with zero attached hydrogens (tertiary/aromatic N) is 2. The van der Waals surface area contributed by atoms with Gasteiger partial charge in [0.2, 0.25) is 0 Å². The van der Waals surface area contributed by atoms with Crippen LogP contribution in [0.3, 0.4) is 0 Å². The van der Waals surface area contributed by atoms with Gasteiger partial charge in [-0.1, -0.05) is 12.1 Å². The number of rotatable bonds is 3. The molecule has 2 N–H and O–H groups in total. The number of aliphatic hydroxyl groups excluding tert-OH is 1. The zero-order chi connectivity index (χ0) is 14.7. The van der Waals surface area contributed by atoms with Crippen LogP contribution in [0.5, 0.6) is 5.75 Å². The molecule has 0 spiro atoms. The van der Waals surface area contributed by atoms with Gasteiger partial charge in [-0.15, -0.1) is 0 Å². The predicted molar refractivity (Wildman–Crippen MR) is 74.3 cm³/mol. The number of benzene rings is 1. The summed E-state index contributed by atoms with van der Waals surface area (Å²) in [6.07, 6.45) is 0. The highest BCUT2D eigenvalue weighted by atomic mass is 16.3. The lowest BCUT2D eigenvalue weighted by Crippen LogP contribution is -2.26. The Hall–Kier alpha value is -2.58. The first kappa shape index (κ1) is 13.8. The molecule has 0 bridgehead atoms. The molecule has 2 aromatic rings. The van der Waals surface area contributed by atoms with Crippen LogP contribution in [0.25, 0.3) is 11.1 Å². The second kappa shape index (κ2) is 5.59. The zero-order valence-electron chi connectivity index (χ0n) is 11.0. The summed E-state index contributed by atoms with van der Waals surface area (Å²) in [5.41, 5.74) is 1.83. The van der Waals surface area contributed by atoms with Crippen LogP contribution in [0.2, 0.25) is 0 Å². The van der Waals surface area contributed by atoms with Crippen LogP contribution >= 0.6 is 0 Å². The number of phenols is 1. The number of pyridine rings is 1. The fourth-order valence-corrected chi connectivity index (χ4v) is 2.14. The number of aromatic nitrogens is 1. The Labute approximate surface area is 116 Å². The summed E-state index contributed by atoms with van der Waals surface area (Å²) in [5, 5.41) is 27.4. The van der Waals surface area contributed by atoms with E-state index in [1.807, 2.05) is 6.07 Å². The van der Waals surface area contributed by atoms with E-state index in [1.54, 1.807) is 31.2 Å². The Kier molecular flexibility index (Phi) is 3.87. The summed E-state index contributed by atoms with van der Waals surface area (Å²) >= 11 is 0. The molecule has 102 valence electrons. The van der Waals surface area contributed by atoms with Gasteiger partial charge in [-0.3, -0.25) is 4.79 Å². The highest BCUT2D eigenvalue weighted by Crippen LogP contribution is 2.25. The van der Waals surface area contributed by atoms with Gasteiger partial charge < -0.3 is 14.8 Å². The summed E-state index contributed by atoms with van der Waals surface area (Å²) in [6.45, 7) is 1.73. The minimum atomic E-state index is -0.401. The Bertz CT molecular complexity index is 725. The zero-order valence-corrected chi connectivity index (χ0v) is 11.0. The van der Waals surface area contributed by atoms with Crippen molar-refractivity contribution in [3.8, 4) is 22.9 Å². The van der Waals surface area contributed by atoms with Crippen LogP contribution in [-0.2, 0) is 6.54 Å². The second-order valence-electron chi connectivity index (χ2n) is 4.40. The van der Waals surface area contributed by atoms with Crippen molar-refractivity contribution in [2.75, 3.05) is 6.61 Å². The SMILES string of the molecule is Cc1c(-c2ccc(O)cc2)cc(C#N)c(=O)n1CCO. The fourth-order valence-electron chi connectivity index (χ4n) is 2.14. The van der Waals surface area contributed by atoms with Crippen molar-refractivity contribution in [2.45, 2.75) is 13.5 Å². The van der Waals surface area contributed by atoms with E-state index in [0.717, 1.165) is 11.1 Å². The van der Waals surface area contributed by atoms with Crippen molar-refractivity contribution in [1.29, 1.82) is 5.26 Å². The molecule has 0 fully saturated rings. The Balaban J connectivity index is 2.70. The molecule has 1 heterocycles. The number of aliphatic hydroxyl groups is 1. The predicted octanol–water partition coefficient (Wildman–Crippen LogP) is 1.39. The van der Waals surface area contributed by atoms with Crippen LogP contribution < -0.4 is 5.56 Å². The first-order chi connectivity index (χ1) is 9.58. The molecule has 0 unspecified atom stereocenters. The van der Waals surface area contributed by atoms with Gasteiger partial charge in [0.05, 0.1) is 6.61 Å². The van der Waals surface area contributed by atoms with E-state index in [1.165, 1.54) is 10.6 Å². The van der Waals surface area contributed by atoms with Gasteiger partial charge in [-0.05, 0) is 30.7 Å². The number of hydrogen-bond donors (Lipinski definition) is 2.